The van der Waals surface area contributed by atoms with Gasteiger partial charge < -0.3 is 15.2 Å². The number of nitrogens with one attached hydrogen (secondary N) is 1. The zero-order valence-corrected chi connectivity index (χ0v) is 11.7. The average Bonchev–Trinajstić information content (AvgIpc) is 3.10. The van der Waals surface area contributed by atoms with Gasteiger partial charge in [-0.15, -0.1) is 0 Å². The van der Waals surface area contributed by atoms with Crippen molar-refractivity contribution >= 4 is 5.97 Å². The molecule has 1 aliphatic carbocycles. The van der Waals surface area contributed by atoms with Gasteiger partial charge in [-0.05, 0) is 33.1 Å². The fraction of sp³-hybridized carbons (Fsp3) is 0.923. The van der Waals surface area contributed by atoms with E-state index in [0.717, 1.165) is 25.9 Å². The molecule has 1 aliphatic rings. The second-order valence-corrected chi connectivity index (χ2v) is 5.24. The molecule has 1 rings (SSSR count). The lowest BCUT2D eigenvalue weighted by atomic mass is 10.1. The predicted octanol–water partition coefficient (Wildman–Crippen LogP) is 0.939. The fourth-order valence-electron chi connectivity index (χ4n) is 1.94. The van der Waals surface area contributed by atoms with Crippen LogP contribution in [-0.4, -0.2) is 60.9 Å². The molecule has 0 aromatic heterocycles. The number of carboxylic acid groups (broad SMARTS) is 1. The van der Waals surface area contributed by atoms with E-state index in [1.54, 1.807) is 7.11 Å². The maximum atomic E-state index is 11.2. The van der Waals surface area contributed by atoms with Gasteiger partial charge in [0.2, 0.25) is 0 Å². The number of hydrogen-bond acceptors (Lipinski definition) is 4. The molecular formula is C13H26N2O3. The minimum Gasteiger partial charge on any atom is -0.480 e. The van der Waals surface area contributed by atoms with Gasteiger partial charge in [0.05, 0.1) is 6.61 Å². The second-order valence-electron chi connectivity index (χ2n) is 5.24. The molecule has 0 aromatic carbocycles. The van der Waals surface area contributed by atoms with E-state index in [1.807, 2.05) is 0 Å². The van der Waals surface area contributed by atoms with Crippen molar-refractivity contribution in [1.29, 1.82) is 0 Å². The topological polar surface area (TPSA) is 61.8 Å². The van der Waals surface area contributed by atoms with Gasteiger partial charge in [-0.2, -0.15) is 0 Å². The van der Waals surface area contributed by atoms with Crippen molar-refractivity contribution in [1.82, 2.24) is 10.2 Å². The number of aliphatic carboxylic acids is 1. The molecule has 18 heavy (non-hydrogen) atoms. The van der Waals surface area contributed by atoms with E-state index >= 15 is 0 Å². The van der Waals surface area contributed by atoms with Crippen molar-refractivity contribution in [3.05, 3.63) is 0 Å². The van der Waals surface area contributed by atoms with Crippen LogP contribution in [0.25, 0.3) is 0 Å². The number of rotatable bonds is 10. The van der Waals surface area contributed by atoms with Gasteiger partial charge in [-0.1, -0.05) is 0 Å². The first-order chi connectivity index (χ1) is 8.54. The summed E-state index contributed by atoms with van der Waals surface area (Å²) in [4.78, 5) is 13.4. The molecular weight excluding hydrogens is 232 g/mol. The molecule has 0 aromatic rings. The molecule has 0 aliphatic heterocycles. The van der Waals surface area contributed by atoms with Crippen molar-refractivity contribution < 1.29 is 14.6 Å². The highest BCUT2D eigenvalue weighted by Gasteiger charge is 2.28. The molecule has 1 atom stereocenters. The maximum Gasteiger partial charge on any atom is 0.320 e. The first kappa shape index (κ1) is 15.4. The van der Waals surface area contributed by atoms with E-state index < -0.39 is 12.0 Å². The van der Waals surface area contributed by atoms with Crippen molar-refractivity contribution in [2.75, 3.05) is 26.8 Å². The van der Waals surface area contributed by atoms with Crippen LogP contribution in [0.3, 0.4) is 0 Å². The Bertz CT molecular complexity index is 255. The van der Waals surface area contributed by atoms with Gasteiger partial charge in [0, 0.05) is 32.3 Å². The molecule has 2 N–H and O–H groups in total. The normalized spacial score (nSPS) is 17.4. The zero-order chi connectivity index (χ0) is 13.5. The summed E-state index contributed by atoms with van der Waals surface area (Å²) in [7, 11) is 1.69. The minimum atomic E-state index is -0.739. The van der Waals surface area contributed by atoms with E-state index in [9.17, 15) is 9.90 Å². The highest BCUT2D eigenvalue weighted by atomic mass is 16.5. The van der Waals surface area contributed by atoms with Gasteiger partial charge in [-0.3, -0.25) is 9.69 Å². The number of ether oxygens (including phenoxy) is 1. The van der Waals surface area contributed by atoms with Crippen molar-refractivity contribution in [3.8, 4) is 0 Å². The van der Waals surface area contributed by atoms with Crippen LogP contribution in [0.1, 0.15) is 33.1 Å². The van der Waals surface area contributed by atoms with E-state index in [0.29, 0.717) is 25.1 Å². The highest BCUT2D eigenvalue weighted by Crippen LogP contribution is 2.20. The minimum absolute atomic E-state index is 0.413. The third kappa shape index (κ3) is 5.80. The number of hydrogen-bond donors (Lipinski definition) is 2. The van der Waals surface area contributed by atoms with Gasteiger partial charge in [0.15, 0.2) is 0 Å². The van der Waals surface area contributed by atoms with Gasteiger partial charge >= 0.3 is 5.97 Å². The van der Waals surface area contributed by atoms with Crippen molar-refractivity contribution in [2.24, 2.45) is 0 Å². The molecule has 106 valence electrons. The summed E-state index contributed by atoms with van der Waals surface area (Å²) in [5.74, 6) is -0.739. The summed E-state index contributed by atoms with van der Waals surface area (Å²) in [6.07, 6.45) is 2.87. The third-order valence-corrected chi connectivity index (χ3v) is 3.33. The first-order valence-corrected chi connectivity index (χ1v) is 6.76. The Morgan fingerprint density at radius 2 is 2.11 bits per heavy atom. The maximum absolute atomic E-state index is 11.2. The summed E-state index contributed by atoms with van der Waals surface area (Å²) in [6, 6.07) is 0.425. The van der Waals surface area contributed by atoms with E-state index in [2.05, 4.69) is 24.1 Å². The van der Waals surface area contributed by atoms with Crippen LogP contribution >= 0.6 is 0 Å². The van der Waals surface area contributed by atoms with E-state index in [-0.39, 0.29) is 0 Å². The number of carbonyl (C=O) groups is 1. The zero-order valence-electron chi connectivity index (χ0n) is 11.7. The molecule has 1 saturated carbocycles. The van der Waals surface area contributed by atoms with Gasteiger partial charge in [0.1, 0.15) is 6.04 Å². The Labute approximate surface area is 109 Å². The molecule has 5 heteroatoms. The molecule has 1 fully saturated rings. The SMILES string of the molecule is COCCN(CCC(NC1CC1)C(=O)O)C(C)C. The van der Waals surface area contributed by atoms with Crippen molar-refractivity contribution in [2.45, 2.75) is 51.2 Å². The quantitative estimate of drug-likeness (QED) is 0.610. The monoisotopic (exact) mass is 258 g/mol. The van der Waals surface area contributed by atoms with Crippen LogP contribution in [0, 0.1) is 0 Å². The molecule has 0 amide bonds. The smallest absolute Gasteiger partial charge is 0.320 e. The largest absolute Gasteiger partial charge is 0.480 e. The lowest BCUT2D eigenvalue weighted by Crippen LogP contribution is -2.43. The van der Waals surface area contributed by atoms with E-state index in [4.69, 9.17) is 4.74 Å². The van der Waals surface area contributed by atoms with Crippen LogP contribution in [0.15, 0.2) is 0 Å². The van der Waals surface area contributed by atoms with Crippen molar-refractivity contribution in [3.63, 3.8) is 0 Å². The first-order valence-electron chi connectivity index (χ1n) is 6.76. The molecule has 0 spiro atoms. The molecule has 0 bridgehead atoms. The van der Waals surface area contributed by atoms with Gasteiger partial charge in [0.25, 0.3) is 0 Å². The van der Waals surface area contributed by atoms with Crippen LogP contribution < -0.4 is 5.32 Å². The Morgan fingerprint density at radius 1 is 1.44 bits per heavy atom. The van der Waals surface area contributed by atoms with Crippen LogP contribution in [0.4, 0.5) is 0 Å². The highest BCUT2D eigenvalue weighted by molar-refractivity contribution is 5.73. The Balaban J connectivity index is 2.34. The number of methoxy groups -OCH3 is 1. The average molecular weight is 258 g/mol. The number of nitrogens with zero attached hydrogens (tertiary/aromatic N) is 1. The lowest BCUT2D eigenvalue weighted by Gasteiger charge is -2.27. The second kappa shape index (κ2) is 7.71. The lowest BCUT2D eigenvalue weighted by molar-refractivity contribution is -0.139. The number of carboxylic acids is 1. The summed E-state index contributed by atoms with van der Waals surface area (Å²) >= 11 is 0. The molecule has 0 saturated heterocycles. The van der Waals surface area contributed by atoms with Crippen LogP contribution in [-0.2, 0) is 9.53 Å². The third-order valence-electron chi connectivity index (χ3n) is 3.33. The van der Waals surface area contributed by atoms with Gasteiger partial charge in [-0.25, -0.2) is 0 Å². The van der Waals surface area contributed by atoms with Crippen LogP contribution in [0.5, 0.6) is 0 Å². The standard InChI is InChI=1S/C13H26N2O3/c1-10(2)15(8-9-18-3)7-6-12(13(16)17)14-11-4-5-11/h10-12,14H,4-9H2,1-3H3,(H,16,17). The van der Waals surface area contributed by atoms with Crippen LogP contribution in [0.2, 0.25) is 0 Å². The predicted molar refractivity (Wildman–Crippen MR) is 70.8 cm³/mol. The molecule has 0 radical (unpaired) electrons. The summed E-state index contributed by atoms with van der Waals surface area (Å²) < 4.78 is 5.08. The summed E-state index contributed by atoms with van der Waals surface area (Å²) in [6.45, 7) is 6.58. The Kier molecular flexibility index (Phi) is 6.60. The Morgan fingerprint density at radius 3 is 2.56 bits per heavy atom. The molecule has 0 heterocycles. The summed E-state index contributed by atoms with van der Waals surface area (Å²) in [5, 5.41) is 12.4. The summed E-state index contributed by atoms with van der Waals surface area (Å²) in [5.41, 5.74) is 0. The Hall–Kier alpha value is -0.650. The van der Waals surface area contributed by atoms with E-state index in [1.165, 1.54) is 0 Å². The molecule has 5 nitrogen and oxygen atoms in total. The fourth-order valence-corrected chi connectivity index (χ4v) is 1.94. The molecule has 1 unspecified atom stereocenters.